The first kappa shape index (κ1) is 25.8. The van der Waals surface area contributed by atoms with E-state index in [2.05, 4.69) is 66.7 Å². The molecule has 2 aliphatic rings. The fourth-order valence-electron chi connectivity index (χ4n) is 6.72. The minimum atomic E-state index is -0.555. The normalized spacial score (nSPS) is 19.5. The smallest absolute Gasteiger partial charge is 0.227 e. The second-order valence-electron chi connectivity index (χ2n) is 10.3. The summed E-state index contributed by atoms with van der Waals surface area (Å²) in [4.78, 5) is 15.6. The number of hydrogen-bond donors (Lipinski definition) is 0. The van der Waals surface area contributed by atoms with Crippen LogP contribution in [0.2, 0.25) is 0 Å². The van der Waals surface area contributed by atoms with Gasteiger partial charge in [0, 0.05) is 18.0 Å². The van der Waals surface area contributed by atoms with Crippen LogP contribution in [0.15, 0.2) is 109 Å². The highest BCUT2D eigenvalue weighted by Crippen LogP contribution is 2.59. The van der Waals surface area contributed by atoms with Crippen LogP contribution in [0.25, 0.3) is 5.57 Å². The highest BCUT2D eigenvalue weighted by atomic mass is 16.5. The van der Waals surface area contributed by atoms with Crippen LogP contribution in [0.5, 0.6) is 17.2 Å². The number of amides is 1. The number of anilines is 1. The summed E-state index contributed by atoms with van der Waals surface area (Å²) in [5.74, 6) is 2.56. The van der Waals surface area contributed by atoms with Gasteiger partial charge in [-0.3, -0.25) is 4.79 Å². The fraction of sp³-hybridized carbons (Fsp3) is 0.229. The second-order valence-corrected chi connectivity index (χ2v) is 10.3. The summed E-state index contributed by atoms with van der Waals surface area (Å²) < 4.78 is 16.9. The van der Waals surface area contributed by atoms with E-state index in [9.17, 15) is 4.79 Å². The molecule has 0 bridgehead atoms. The molecule has 0 saturated carbocycles. The molecule has 5 nitrogen and oxygen atoms in total. The third kappa shape index (κ3) is 4.13. The molecule has 0 radical (unpaired) electrons. The Hall–Kier alpha value is -4.51. The molecule has 5 heteroatoms. The van der Waals surface area contributed by atoms with E-state index >= 15 is 0 Å². The molecule has 1 fully saturated rings. The molecule has 1 aliphatic heterocycles. The van der Waals surface area contributed by atoms with Crippen molar-refractivity contribution >= 4 is 17.2 Å². The van der Waals surface area contributed by atoms with Gasteiger partial charge in [0.25, 0.3) is 0 Å². The van der Waals surface area contributed by atoms with Gasteiger partial charge in [-0.1, -0.05) is 60.7 Å². The third-order valence-corrected chi connectivity index (χ3v) is 8.45. The van der Waals surface area contributed by atoms with Crippen LogP contribution in [0.3, 0.4) is 0 Å². The molecule has 1 amide bonds. The molecule has 0 spiro atoms. The summed E-state index contributed by atoms with van der Waals surface area (Å²) in [6, 6.07) is 34.9. The van der Waals surface area contributed by atoms with Crippen LogP contribution in [-0.4, -0.2) is 33.3 Å². The van der Waals surface area contributed by atoms with Gasteiger partial charge in [0.2, 0.25) is 5.91 Å². The molecular weight excluding hydrogens is 498 g/mol. The highest BCUT2D eigenvalue weighted by Gasteiger charge is 2.56. The Bertz CT molecular complexity index is 1500. The first-order valence-electron chi connectivity index (χ1n) is 13.6. The van der Waals surface area contributed by atoms with E-state index in [1.165, 1.54) is 5.57 Å². The zero-order valence-corrected chi connectivity index (χ0v) is 23.0. The predicted octanol–water partition coefficient (Wildman–Crippen LogP) is 6.91. The maximum Gasteiger partial charge on any atom is 0.227 e. The van der Waals surface area contributed by atoms with E-state index < -0.39 is 5.41 Å². The molecule has 1 heterocycles. The van der Waals surface area contributed by atoms with Gasteiger partial charge in [-0.25, -0.2) is 0 Å². The number of benzene rings is 4. The van der Waals surface area contributed by atoms with Crippen molar-refractivity contribution in [1.82, 2.24) is 0 Å². The van der Waals surface area contributed by atoms with Crippen molar-refractivity contribution in [2.75, 3.05) is 26.2 Å². The Morgan fingerprint density at radius 2 is 1.30 bits per heavy atom. The maximum atomic E-state index is 13.6. The number of piperidine rings is 1. The van der Waals surface area contributed by atoms with Crippen molar-refractivity contribution in [3.63, 3.8) is 0 Å². The van der Waals surface area contributed by atoms with Crippen LogP contribution < -0.4 is 19.1 Å². The number of fused-ring (bicyclic) bond motifs is 1. The average Bonchev–Trinajstić information content (AvgIpc) is 3.37. The van der Waals surface area contributed by atoms with Crippen LogP contribution in [-0.2, 0) is 10.2 Å². The van der Waals surface area contributed by atoms with E-state index in [1.807, 2.05) is 47.4 Å². The van der Waals surface area contributed by atoms with Crippen LogP contribution in [0.4, 0.5) is 5.69 Å². The number of carbonyl (C=O) groups excluding carboxylic acids is 1. The molecule has 4 aromatic carbocycles. The molecule has 4 aromatic rings. The van der Waals surface area contributed by atoms with Crippen molar-refractivity contribution in [3.8, 4) is 17.2 Å². The minimum Gasteiger partial charge on any atom is -0.497 e. The van der Waals surface area contributed by atoms with Crippen molar-refractivity contribution < 1.29 is 19.0 Å². The van der Waals surface area contributed by atoms with Gasteiger partial charge in [0.15, 0.2) is 0 Å². The van der Waals surface area contributed by atoms with Crippen LogP contribution in [0, 0.1) is 5.92 Å². The Balaban J connectivity index is 1.64. The number of nitrogens with zero attached hydrogens (tertiary/aromatic N) is 1. The fourth-order valence-corrected chi connectivity index (χ4v) is 6.72. The van der Waals surface area contributed by atoms with Gasteiger partial charge in [0.1, 0.15) is 17.2 Å². The van der Waals surface area contributed by atoms with Gasteiger partial charge in [-0.2, -0.15) is 0 Å². The van der Waals surface area contributed by atoms with E-state index in [0.29, 0.717) is 6.42 Å². The van der Waals surface area contributed by atoms with Crippen molar-refractivity contribution in [2.24, 2.45) is 5.92 Å². The lowest BCUT2D eigenvalue weighted by atomic mass is 9.60. The largest absolute Gasteiger partial charge is 0.497 e. The molecule has 6 rings (SSSR count). The summed E-state index contributed by atoms with van der Waals surface area (Å²) >= 11 is 0. The molecule has 1 saturated heterocycles. The summed E-state index contributed by atoms with van der Waals surface area (Å²) in [6.45, 7) is 0. The van der Waals surface area contributed by atoms with E-state index in [0.717, 1.165) is 46.0 Å². The Morgan fingerprint density at radius 3 is 1.88 bits per heavy atom. The first-order valence-corrected chi connectivity index (χ1v) is 13.6. The highest BCUT2D eigenvalue weighted by molar-refractivity contribution is 5.98. The lowest BCUT2D eigenvalue weighted by Gasteiger charge is -2.46. The Labute approximate surface area is 235 Å². The van der Waals surface area contributed by atoms with Gasteiger partial charge in [-0.05, 0) is 77.2 Å². The molecule has 2 unspecified atom stereocenters. The molecule has 40 heavy (non-hydrogen) atoms. The number of rotatable bonds is 7. The van der Waals surface area contributed by atoms with Crippen molar-refractivity contribution in [1.29, 1.82) is 0 Å². The number of allylic oxidation sites excluding steroid dienone is 1. The topological polar surface area (TPSA) is 48.0 Å². The molecule has 1 aliphatic carbocycles. The van der Waals surface area contributed by atoms with Crippen molar-refractivity contribution in [3.05, 3.63) is 126 Å². The summed E-state index contributed by atoms with van der Waals surface area (Å²) in [7, 11) is 5.06. The Morgan fingerprint density at radius 1 is 0.700 bits per heavy atom. The van der Waals surface area contributed by atoms with Gasteiger partial charge in [0.05, 0.1) is 32.8 Å². The summed E-state index contributed by atoms with van der Waals surface area (Å²) in [5, 5.41) is 0. The zero-order valence-electron chi connectivity index (χ0n) is 23.0. The molecular formula is C35H33NO4. The van der Waals surface area contributed by atoms with E-state index in [-0.39, 0.29) is 17.9 Å². The number of carbonyl (C=O) groups is 1. The summed E-state index contributed by atoms with van der Waals surface area (Å²) in [5.41, 5.74) is 4.89. The van der Waals surface area contributed by atoms with Crippen LogP contribution >= 0.6 is 0 Å². The van der Waals surface area contributed by atoms with Crippen LogP contribution in [0.1, 0.15) is 29.5 Å². The maximum absolute atomic E-state index is 13.6. The van der Waals surface area contributed by atoms with Gasteiger partial charge < -0.3 is 19.1 Å². The Kier molecular flexibility index (Phi) is 6.81. The van der Waals surface area contributed by atoms with E-state index in [1.54, 1.807) is 21.3 Å². The van der Waals surface area contributed by atoms with Gasteiger partial charge in [-0.15, -0.1) is 0 Å². The lowest BCUT2D eigenvalue weighted by molar-refractivity contribution is -0.120. The standard InChI is InChI=1S/C35H33NO4/c1-38-28-17-15-27(16-18-28)36-33-23-32(24-9-5-4-6-10-24)35(31(33)19-20-34(36)37,25-11-7-13-29(21-25)39-2)26-12-8-14-30(22-26)40-3/h4-18,21-23,31,33H,19-20H2,1-3H3. The zero-order chi connectivity index (χ0) is 27.7. The van der Waals surface area contributed by atoms with Crippen molar-refractivity contribution in [2.45, 2.75) is 24.3 Å². The van der Waals surface area contributed by atoms with E-state index in [4.69, 9.17) is 14.2 Å². The van der Waals surface area contributed by atoms with Gasteiger partial charge >= 0.3 is 0 Å². The second kappa shape index (κ2) is 10.6. The minimum absolute atomic E-state index is 0.0710. The molecule has 202 valence electrons. The average molecular weight is 532 g/mol. The molecule has 2 atom stereocenters. The predicted molar refractivity (Wildman–Crippen MR) is 158 cm³/mol. The third-order valence-electron chi connectivity index (χ3n) is 8.45. The summed E-state index contributed by atoms with van der Waals surface area (Å²) in [6.07, 6.45) is 3.52. The SMILES string of the molecule is COc1ccc(N2C(=O)CCC3C2C=C(c2ccccc2)C3(c2cccc(OC)c2)c2cccc(OC)c2)cc1. The lowest BCUT2D eigenvalue weighted by Crippen LogP contribution is -2.51. The number of hydrogen-bond acceptors (Lipinski definition) is 4. The molecule has 0 aromatic heterocycles. The monoisotopic (exact) mass is 531 g/mol. The number of methoxy groups -OCH3 is 3. The molecule has 0 N–H and O–H groups in total. The quantitative estimate of drug-likeness (QED) is 0.260. The first-order chi connectivity index (χ1) is 19.6. The number of ether oxygens (including phenoxy) is 3.